The molecule has 0 aromatic carbocycles. The van der Waals surface area contributed by atoms with Gasteiger partial charge in [-0.1, -0.05) is 0 Å². The van der Waals surface area contributed by atoms with Crippen molar-refractivity contribution < 1.29 is 9.47 Å². The van der Waals surface area contributed by atoms with Crippen LogP contribution >= 0.6 is 0 Å². The lowest BCUT2D eigenvalue weighted by molar-refractivity contribution is 0.193. The Morgan fingerprint density at radius 3 is 3.14 bits per heavy atom. The molecule has 76 valence electrons. The molecule has 0 radical (unpaired) electrons. The molecule has 14 heavy (non-hydrogen) atoms. The van der Waals surface area contributed by atoms with Crippen LogP contribution in [0, 0.1) is 0 Å². The molecule has 2 heterocycles. The highest BCUT2D eigenvalue weighted by molar-refractivity contribution is 5.33. The zero-order chi connectivity index (χ0) is 9.97. The second kappa shape index (κ2) is 3.79. The number of anilines is 1. The van der Waals surface area contributed by atoms with Gasteiger partial charge in [0.25, 0.3) is 0 Å². The first kappa shape index (κ1) is 9.21. The molecule has 1 atom stereocenters. The van der Waals surface area contributed by atoms with E-state index in [0.29, 0.717) is 12.4 Å². The summed E-state index contributed by atoms with van der Waals surface area (Å²) in [6.45, 7) is 1.46. The van der Waals surface area contributed by atoms with Crippen LogP contribution in [0.3, 0.4) is 0 Å². The molecule has 1 unspecified atom stereocenters. The lowest BCUT2D eigenvalue weighted by Crippen LogP contribution is -2.07. The van der Waals surface area contributed by atoms with Gasteiger partial charge in [-0.25, -0.2) is 9.97 Å². The minimum atomic E-state index is 0.285. The molecule has 2 rings (SSSR count). The third-order valence-electron chi connectivity index (χ3n) is 2.34. The van der Waals surface area contributed by atoms with Gasteiger partial charge in [0.05, 0.1) is 25.6 Å². The number of nitrogens with zero attached hydrogens (tertiary/aromatic N) is 2. The summed E-state index contributed by atoms with van der Waals surface area (Å²) in [6, 6.07) is 0. The van der Waals surface area contributed by atoms with E-state index < -0.39 is 0 Å². The number of rotatable bonds is 2. The van der Waals surface area contributed by atoms with Crippen molar-refractivity contribution in [1.29, 1.82) is 0 Å². The summed E-state index contributed by atoms with van der Waals surface area (Å²) in [6.07, 6.45) is 2.57. The van der Waals surface area contributed by atoms with Crippen LogP contribution in [-0.4, -0.2) is 30.3 Å². The predicted octanol–water partition coefficient (Wildman–Crippen LogP) is 0.571. The van der Waals surface area contributed by atoms with Gasteiger partial charge in [0.1, 0.15) is 0 Å². The number of methoxy groups -OCH3 is 1. The van der Waals surface area contributed by atoms with Crippen molar-refractivity contribution in [1.82, 2.24) is 9.97 Å². The maximum Gasteiger partial charge on any atom is 0.220 e. The summed E-state index contributed by atoms with van der Waals surface area (Å²) in [5.74, 6) is 1.26. The molecule has 1 saturated heterocycles. The van der Waals surface area contributed by atoms with E-state index in [4.69, 9.17) is 15.2 Å². The van der Waals surface area contributed by atoms with Crippen LogP contribution in [0.1, 0.15) is 18.0 Å². The monoisotopic (exact) mass is 195 g/mol. The third kappa shape index (κ3) is 1.63. The molecule has 2 N–H and O–H groups in total. The number of nitrogen functional groups attached to an aromatic ring is 1. The Kier molecular flexibility index (Phi) is 2.49. The van der Waals surface area contributed by atoms with Gasteiger partial charge in [0.2, 0.25) is 5.95 Å². The van der Waals surface area contributed by atoms with E-state index in [2.05, 4.69) is 9.97 Å². The van der Waals surface area contributed by atoms with Crippen molar-refractivity contribution >= 4 is 5.95 Å². The topological polar surface area (TPSA) is 70.3 Å². The van der Waals surface area contributed by atoms with Gasteiger partial charge in [-0.3, -0.25) is 0 Å². The predicted molar refractivity (Wildman–Crippen MR) is 51.2 cm³/mol. The van der Waals surface area contributed by atoms with Gasteiger partial charge in [-0.15, -0.1) is 0 Å². The molecule has 5 heteroatoms. The first-order chi connectivity index (χ1) is 6.81. The number of aromatic nitrogens is 2. The SMILES string of the molecule is COc1cnc(N)nc1C1CCOC1. The molecule has 1 aliphatic heterocycles. The van der Waals surface area contributed by atoms with E-state index in [1.807, 2.05) is 0 Å². The highest BCUT2D eigenvalue weighted by atomic mass is 16.5. The minimum absolute atomic E-state index is 0.285. The van der Waals surface area contributed by atoms with Crippen molar-refractivity contribution in [2.24, 2.45) is 0 Å². The Hall–Kier alpha value is -1.36. The number of nitrogens with two attached hydrogens (primary N) is 1. The summed E-state index contributed by atoms with van der Waals surface area (Å²) in [4.78, 5) is 8.07. The summed E-state index contributed by atoms with van der Waals surface area (Å²) in [7, 11) is 1.61. The smallest absolute Gasteiger partial charge is 0.220 e. The highest BCUT2D eigenvalue weighted by Crippen LogP contribution is 2.30. The standard InChI is InChI=1S/C9H13N3O2/c1-13-7-4-11-9(10)12-8(7)6-2-3-14-5-6/h4,6H,2-3,5H2,1H3,(H2,10,11,12). The zero-order valence-electron chi connectivity index (χ0n) is 8.06. The van der Waals surface area contributed by atoms with Gasteiger partial charge in [0.15, 0.2) is 5.75 Å². The fourth-order valence-electron chi connectivity index (χ4n) is 1.60. The van der Waals surface area contributed by atoms with E-state index in [1.165, 1.54) is 0 Å². The van der Waals surface area contributed by atoms with Crippen LogP contribution < -0.4 is 10.5 Å². The van der Waals surface area contributed by atoms with E-state index in [9.17, 15) is 0 Å². The normalized spacial score (nSPS) is 21.1. The molecular formula is C9H13N3O2. The van der Waals surface area contributed by atoms with Gasteiger partial charge in [-0.05, 0) is 6.42 Å². The second-order valence-electron chi connectivity index (χ2n) is 3.24. The summed E-state index contributed by atoms with van der Waals surface area (Å²) >= 11 is 0. The van der Waals surface area contributed by atoms with Gasteiger partial charge in [0, 0.05) is 12.5 Å². The fraction of sp³-hybridized carbons (Fsp3) is 0.556. The maximum atomic E-state index is 5.53. The van der Waals surface area contributed by atoms with Crippen LogP contribution in [-0.2, 0) is 4.74 Å². The molecule has 1 aromatic heterocycles. The molecule has 0 aliphatic carbocycles. The lowest BCUT2D eigenvalue weighted by Gasteiger charge is -2.11. The second-order valence-corrected chi connectivity index (χ2v) is 3.24. The summed E-state index contributed by atoms with van der Waals surface area (Å²) < 4.78 is 10.5. The van der Waals surface area contributed by atoms with Gasteiger partial charge in [-0.2, -0.15) is 0 Å². The quantitative estimate of drug-likeness (QED) is 0.747. The van der Waals surface area contributed by atoms with Crippen molar-refractivity contribution in [2.75, 3.05) is 26.1 Å². The Balaban J connectivity index is 2.33. The molecule has 1 aromatic rings. The van der Waals surface area contributed by atoms with Crippen molar-refractivity contribution in [2.45, 2.75) is 12.3 Å². The van der Waals surface area contributed by atoms with Crippen LogP contribution in [0.4, 0.5) is 5.95 Å². The van der Waals surface area contributed by atoms with E-state index >= 15 is 0 Å². The Bertz CT molecular complexity index is 324. The van der Waals surface area contributed by atoms with Crippen molar-refractivity contribution in [3.05, 3.63) is 11.9 Å². The Morgan fingerprint density at radius 1 is 1.64 bits per heavy atom. The van der Waals surface area contributed by atoms with Crippen LogP contribution in [0.15, 0.2) is 6.20 Å². The largest absolute Gasteiger partial charge is 0.493 e. The Morgan fingerprint density at radius 2 is 2.50 bits per heavy atom. The molecule has 0 bridgehead atoms. The third-order valence-corrected chi connectivity index (χ3v) is 2.34. The van der Waals surface area contributed by atoms with E-state index in [-0.39, 0.29) is 11.9 Å². The average molecular weight is 195 g/mol. The van der Waals surface area contributed by atoms with E-state index in [0.717, 1.165) is 18.7 Å². The first-order valence-corrected chi connectivity index (χ1v) is 4.55. The molecule has 5 nitrogen and oxygen atoms in total. The van der Waals surface area contributed by atoms with Crippen LogP contribution in [0.2, 0.25) is 0 Å². The van der Waals surface area contributed by atoms with Crippen molar-refractivity contribution in [3.8, 4) is 5.75 Å². The average Bonchev–Trinajstić information content (AvgIpc) is 2.70. The van der Waals surface area contributed by atoms with Crippen LogP contribution in [0.5, 0.6) is 5.75 Å². The summed E-state index contributed by atoms with van der Waals surface area (Å²) in [5.41, 5.74) is 6.39. The summed E-state index contributed by atoms with van der Waals surface area (Å²) in [5, 5.41) is 0. The zero-order valence-corrected chi connectivity index (χ0v) is 8.06. The molecule has 1 aliphatic rings. The van der Waals surface area contributed by atoms with Crippen LogP contribution in [0.25, 0.3) is 0 Å². The van der Waals surface area contributed by atoms with Crippen molar-refractivity contribution in [3.63, 3.8) is 0 Å². The molecular weight excluding hydrogens is 182 g/mol. The first-order valence-electron chi connectivity index (χ1n) is 4.55. The Labute approximate surface area is 82.3 Å². The molecule has 0 spiro atoms. The van der Waals surface area contributed by atoms with Gasteiger partial charge < -0.3 is 15.2 Å². The molecule has 0 amide bonds. The van der Waals surface area contributed by atoms with Gasteiger partial charge >= 0.3 is 0 Å². The lowest BCUT2D eigenvalue weighted by atomic mass is 10.0. The fourth-order valence-corrected chi connectivity index (χ4v) is 1.60. The minimum Gasteiger partial charge on any atom is -0.493 e. The highest BCUT2D eigenvalue weighted by Gasteiger charge is 2.23. The molecule has 1 fully saturated rings. The van der Waals surface area contributed by atoms with E-state index in [1.54, 1.807) is 13.3 Å². The number of ether oxygens (including phenoxy) is 2. The number of hydrogen-bond acceptors (Lipinski definition) is 5. The maximum absolute atomic E-state index is 5.53. The molecule has 0 saturated carbocycles. The number of hydrogen-bond donors (Lipinski definition) is 1.